The Morgan fingerprint density at radius 1 is 0.762 bits per heavy atom. The van der Waals surface area contributed by atoms with Gasteiger partial charge in [-0.2, -0.15) is 0 Å². The summed E-state index contributed by atoms with van der Waals surface area (Å²) in [6, 6.07) is 0. The zero-order valence-corrected chi connectivity index (χ0v) is 14.3. The molecule has 0 bridgehead atoms. The highest BCUT2D eigenvalue weighted by atomic mass is 16.4. The Balaban J connectivity index is 3.29. The molecule has 0 aromatic carbocycles. The minimum Gasteiger partial charge on any atom is -0.478 e. The number of rotatable bonds is 15. The maximum atomic E-state index is 11.0. The van der Waals surface area contributed by atoms with Gasteiger partial charge in [0.1, 0.15) is 0 Å². The smallest absolute Gasteiger partial charge is 0.331 e. The molecule has 0 saturated heterocycles. The van der Waals surface area contributed by atoms with Crippen molar-refractivity contribution >= 4 is 5.97 Å². The highest BCUT2D eigenvalue weighted by Gasteiger charge is 2.05. The first-order valence-corrected chi connectivity index (χ1v) is 9.14. The second kappa shape index (κ2) is 15.6. The lowest BCUT2D eigenvalue weighted by molar-refractivity contribution is -0.132. The van der Waals surface area contributed by atoms with Crippen molar-refractivity contribution in [1.29, 1.82) is 0 Å². The minimum absolute atomic E-state index is 0.601. The summed E-state index contributed by atoms with van der Waals surface area (Å²) < 4.78 is 0. The van der Waals surface area contributed by atoms with Gasteiger partial charge in [0, 0.05) is 5.57 Å². The van der Waals surface area contributed by atoms with Crippen LogP contribution in [0.3, 0.4) is 0 Å². The van der Waals surface area contributed by atoms with Crippen LogP contribution in [-0.2, 0) is 4.79 Å². The molecular weight excluding hydrogens is 260 g/mol. The highest BCUT2D eigenvalue weighted by Crippen LogP contribution is 2.14. The molecule has 0 heterocycles. The number of unbranched alkanes of at least 4 members (excludes halogenated alkanes) is 11. The standard InChI is InChI=1S/C19H36O2/c1-3-5-6-7-8-9-10-11-12-13-14-15-17-18(16-4-2)19(20)21/h16H,3-15,17H2,1-2H3,(H,20,21). The molecule has 0 radical (unpaired) electrons. The number of hydrogen-bond donors (Lipinski definition) is 1. The van der Waals surface area contributed by atoms with Crippen molar-refractivity contribution in [1.82, 2.24) is 0 Å². The van der Waals surface area contributed by atoms with E-state index in [0.29, 0.717) is 5.57 Å². The molecule has 2 heteroatoms. The first kappa shape index (κ1) is 20.2. The van der Waals surface area contributed by atoms with E-state index < -0.39 is 5.97 Å². The summed E-state index contributed by atoms with van der Waals surface area (Å²) in [4.78, 5) is 11.0. The number of carboxylic acid groups (broad SMARTS) is 1. The molecule has 0 aromatic heterocycles. The van der Waals surface area contributed by atoms with Gasteiger partial charge in [-0.15, -0.1) is 0 Å². The van der Waals surface area contributed by atoms with E-state index in [4.69, 9.17) is 5.11 Å². The van der Waals surface area contributed by atoms with E-state index in [-0.39, 0.29) is 0 Å². The van der Waals surface area contributed by atoms with Gasteiger partial charge in [-0.25, -0.2) is 4.79 Å². The summed E-state index contributed by atoms with van der Waals surface area (Å²) in [5, 5.41) is 9.01. The number of carbonyl (C=O) groups is 1. The Labute approximate surface area is 132 Å². The largest absolute Gasteiger partial charge is 0.478 e. The fourth-order valence-electron chi connectivity index (χ4n) is 2.70. The number of hydrogen-bond acceptors (Lipinski definition) is 1. The van der Waals surface area contributed by atoms with Crippen molar-refractivity contribution in [3.8, 4) is 0 Å². The molecule has 0 aliphatic heterocycles. The summed E-state index contributed by atoms with van der Waals surface area (Å²) in [5.41, 5.74) is 0.601. The third-order valence-electron chi connectivity index (χ3n) is 4.02. The van der Waals surface area contributed by atoms with Gasteiger partial charge in [-0.3, -0.25) is 0 Å². The lowest BCUT2D eigenvalue weighted by Crippen LogP contribution is -2.00. The van der Waals surface area contributed by atoms with Crippen LogP contribution >= 0.6 is 0 Å². The molecule has 0 aromatic rings. The number of aliphatic carboxylic acids is 1. The molecule has 0 fully saturated rings. The first-order chi connectivity index (χ1) is 10.2. The van der Waals surface area contributed by atoms with E-state index in [9.17, 15) is 4.79 Å². The van der Waals surface area contributed by atoms with Crippen LogP contribution in [0.5, 0.6) is 0 Å². The van der Waals surface area contributed by atoms with Crippen molar-refractivity contribution in [3.05, 3.63) is 11.6 Å². The topological polar surface area (TPSA) is 37.3 Å². The van der Waals surface area contributed by atoms with E-state index in [1.54, 1.807) is 0 Å². The predicted molar refractivity (Wildman–Crippen MR) is 91.7 cm³/mol. The van der Waals surface area contributed by atoms with Gasteiger partial charge in [-0.1, -0.05) is 90.6 Å². The molecule has 0 unspecified atom stereocenters. The normalized spacial score (nSPS) is 11.8. The predicted octanol–water partition coefficient (Wildman–Crippen LogP) is 6.50. The average Bonchev–Trinajstić information content (AvgIpc) is 2.47. The maximum absolute atomic E-state index is 11.0. The van der Waals surface area contributed by atoms with Crippen LogP contribution in [-0.4, -0.2) is 11.1 Å². The van der Waals surface area contributed by atoms with E-state index >= 15 is 0 Å². The summed E-state index contributed by atoms with van der Waals surface area (Å²) in [6.45, 7) is 4.25. The molecule has 0 atom stereocenters. The van der Waals surface area contributed by atoms with Crippen LogP contribution in [0.4, 0.5) is 0 Å². The molecule has 0 aliphatic carbocycles. The monoisotopic (exact) mass is 296 g/mol. The fraction of sp³-hybridized carbons (Fsp3) is 0.842. The second-order valence-electron chi connectivity index (χ2n) is 6.08. The lowest BCUT2D eigenvalue weighted by atomic mass is 10.0. The zero-order valence-electron chi connectivity index (χ0n) is 14.3. The summed E-state index contributed by atoms with van der Waals surface area (Å²) in [7, 11) is 0. The van der Waals surface area contributed by atoms with Crippen LogP contribution in [0.15, 0.2) is 11.6 Å². The van der Waals surface area contributed by atoms with E-state index in [2.05, 4.69) is 6.92 Å². The second-order valence-corrected chi connectivity index (χ2v) is 6.08. The lowest BCUT2D eigenvalue weighted by Gasteiger charge is -2.04. The molecule has 2 nitrogen and oxygen atoms in total. The molecule has 0 spiro atoms. The van der Waals surface area contributed by atoms with Crippen LogP contribution < -0.4 is 0 Å². The van der Waals surface area contributed by atoms with Crippen LogP contribution in [0.25, 0.3) is 0 Å². The Bertz CT molecular complexity index is 269. The Morgan fingerprint density at radius 3 is 1.57 bits per heavy atom. The number of carboxylic acids is 1. The first-order valence-electron chi connectivity index (χ1n) is 9.14. The Hall–Kier alpha value is -0.790. The quantitative estimate of drug-likeness (QED) is 0.277. The SMILES string of the molecule is CCC=C(CCCCCCCCCCCCCC)C(=O)O. The molecule has 124 valence electrons. The molecule has 0 aliphatic rings. The maximum Gasteiger partial charge on any atom is 0.331 e. The number of allylic oxidation sites excluding steroid dienone is 1. The van der Waals surface area contributed by atoms with Gasteiger partial charge < -0.3 is 5.11 Å². The van der Waals surface area contributed by atoms with Crippen molar-refractivity contribution in [2.45, 2.75) is 104 Å². The van der Waals surface area contributed by atoms with Gasteiger partial charge in [0.05, 0.1) is 0 Å². The molecule has 21 heavy (non-hydrogen) atoms. The van der Waals surface area contributed by atoms with E-state index in [1.807, 2.05) is 13.0 Å². The summed E-state index contributed by atoms with van der Waals surface area (Å²) >= 11 is 0. The van der Waals surface area contributed by atoms with E-state index in [0.717, 1.165) is 19.3 Å². The fourth-order valence-corrected chi connectivity index (χ4v) is 2.70. The third kappa shape index (κ3) is 13.9. The van der Waals surface area contributed by atoms with Crippen molar-refractivity contribution in [2.24, 2.45) is 0 Å². The average molecular weight is 296 g/mol. The van der Waals surface area contributed by atoms with Gasteiger partial charge in [0.2, 0.25) is 0 Å². The van der Waals surface area contributed by atoms with Gasteiger partial charge in [-0.05, 0) is 19.3 Å². The van der Waals surface area contributed by atoms with Gasteiger partial charge in [0.25, 0.3) is 0 Å². The zero-order chi connectivity index (χ0) is 15.8. The molecule has 0 rings (SSSR count). The molecule has 1 N–H and O–H groups in total. The molecular formula is C19H36O2. The van der Waals surface area contributed by atoms with Crippen molar-refractivity contribution in [2.75, 3.05) is 0 Å². The summed E-state index contributed by atoms with van der Waals surface area (Å²) in [6.07, 6.45) is 19.2. The van der Waals surface area contributed by atoms with Crippen LogP contribution in [0.1, 0.15) is 104 Å². The minimum atomic E-state index is -0.736. The Kier molecular flexibility index (Phi) is 15.0. The third-order valence-corrected chi connectivity index (χ3v) is 4.02. The Morgan fingerprint density at radius 2 is 1.19 bits per heavy atom. The van der Waals surface area contributed by atoms with Crippen LogP contribution in [0, 0.1) is 0 Å². The summed E-state index contributed by atoms with van der Waals surface area (Å²) in [5.74, 6) is -0.736. The van der Waals surface area contributed by atoms with E-state index in [1.165, 1.54) is 70.6 Å². The molecule has 0 saturated carbocycles. The highest BCUT2D eigenvalue weighted by molar-refractivity contribution is 5.86. The van der Waals surface area contributed by atoms with Crippen molar-refractivity contribution in [3.63, 3.8) is 0 Å². The molecule has 0 amide bonds. The van der Waals surface area contributed by atoms with Crippen LogP contribution in [0.2, 0.25) is 0 Å². The van der Waals surface area contributed by atoms with Gasteiger partial charge >= 0.3 is 5.97 Å². The van der Waals surface area contributed by atoms with Gasteiger partial charge in [0.15, 0.2) is 0 Å². The van der Waals surface area contributed by atoms with Crippen molar-refractivity contribution < 1.29 is 9.90 Å².